The molecule has 0 aliphatic heterocycles. The predicted molar refractivity (Wildman–Crippen MR) is 88.1 cm³/mol. The van der Waals surface area contributed by atoms with Crippen LogP contribution in [0.2, 0.25) is 0 Å². The second kappa shape index (κ2) is 6.68. The number of hydrogen-bond acceptors (Lipinski definition) is 7. The zero-order valence-electron chi connectivity index (χ0n) is 12.7. The molecular weight excluding hydrogens is 338 g/mol. The van der Waals surface area contributed by atoms with E-state index in [-0.39, 0.29) is 22.6 Å². The third kappa shape index (κ3) is 3.07. The van der Waals surface area contributed by atoms with Crippen LogP contribution in [0, 0.1) is 0 Å². The van der Waals surface area contributed by atoms with E-state index in [9.17, 15) is 23.1 Å². The van der Waals surface area contributed by atoms with E-state index in [4.69, 9.17) is 5.73 Å². The first-order chi connectivity index (χ1) is 11.3. The van der Waals surface area contributed by atoms with Gasteiger partial charge >= 0.3 is 5.69 Å². The van der Waals surface area contributed by atoms with Gasteiger partial charge in [0, 0.05) is 36.6 Å². The van der Waals surface area contributed by atoms with E-state index in [2.05, 4.69) is 10.1 Å². The molecule has 128 valence electrons. The zero-order chi connectivity index (χ0) is 18.0. The maximum Gasteiger partial charge on any atom is 0.351 e. The number of carbonyl (C=O) groups is 1. The van der Waals surface area contributed by atoms with Gasteiger partial charge in [0.2, 0.25) is 5.78 Å². The van der Waals surface area contributed by atoms with Gasteiger partial charge in [-0.2, -0.15) is 4.68 Å². The van der Waals surface area contributed by atoms with Gasteiger partial charge in [-0.15, -0.1) is 0 Å². The highest BCUT2D eigenvalue weighted by molar-refractivity contribution is 7.80. The van der Waals surface area contributed by atoms with Crippen molar-refractivity contribution < 1.29 is 13.6 Å². The van der Waals surface area contributed by atoms with E-state index in [1.807, 2.05) is 0 Å². The lowest BCUT2D eigenvalue weighted by Gasteiger charge is -2.13. The highest BCUT2D eigenvalue weighted by atomic mass is 32.2. The number of rotatable bonds is 5. The third-order valence-electron chi connectivity index (χ3n) is 3.31. The SMILES string of the molecule is CNn1c(=O)c(C(=O)c2ccc(NS(=O)[O-])cc2)c(N)n(C)c1=O. The molecule has 1 atom stereocenters. The number of aromatic nitrogens is 2. The quantitative estimate of drug-likeness (QED) is 0.448. The van der Waals surface area contributed by atoms with E-state index >= 15 is 0 Å². The minimum Gasteiger partial charge on any atom is -0.755 e. The van der Waals surface area contributed by atoms with Crippen molar-refractivity contribution in [3.63, 3.8) is 0 Å². The lowest BCUT2D eigenvalue weighted by molar-refractivity contribution is 0.103. The van der Waals surface area contributed by atoms with Crippen LogP contribution in [0.25, 0.3) is 0 Å². The van der Waals surface area contributed by atoms with E-state index in [0.717, 1.165) is 4.57 Å². The fourth-order valence-electron chi connectivity index (χ4n) is 2.07. The summed E-state index contributed by atoms with van der Waals surface area (Å²) in [6, 6.07) is 5.39. The number of benzene rings is 1. The Morgan fingerprint density at radius 1 is 1.25 bits per heavy atom. The number of anilines is 2. The number of carbonyl (C=O) groups excluding carboxylic acids is 1. The van der Waals surface area contributed by atoms with Crippen LogP contribution in [-0.2, 0) is 18.3 Å². The summed E-state index contributed by atoms with van der Waals surface area (Å²) in [6.07, 6.45) is 0. The van der Waals surface area contributed by atoms with Crippen molar-refractivity contribution in [3.05, 3.63) is 56.2 Å². The molecular formula is C13H14N5O5S-. The number of nitrogens with one attached hydrogen (secondary N) is 2. The minimum absolute atomic E-state index is 0.113. The van der Waals surface area contributed by atoms with Crippen molar-refractivity contribution in [1.29, 1.82) is 0 Å². The molecule has 24 heavy (non-hydrogen) atoms. The summed E-state index contributed by atoms with van der Waals surface area (Å²) in [4.78, 5) is 36.8. The summed E-state index contributed by atoms with van der Waals surface area (Å²) in [7, 11) is 2.69. The van der Waals surface area contributed by atoms with E-state index < -0.39 is 28.3 Å². The van der Waals surface area contributed by atoms with Crippen LogP contribution in [0.15, 0.2) is 33.9 Å². The molecule has 2 aromatic rings. The van der Waals surface area contributed by atoms with Crippen molar-refractivity contribution in [2.45, 2.75) is 0 Å². The number of ketones is 1. The summed E-state index contributed by atoms with van der Waals surface area (Å²) in [5, 5.41) is 0. The van der Waals surface area contributed by atoms with Gasteiger partial charge in [0.25, 0.3) is 5.56 Å². The van der Waals surface area contributed by atoms with Crippen LogP contribution in [0.3, 0.4) is 0 Å². The molecule has 11 heteroatoms. The highest BCUT2D eigenvalue weighted by Gasteiger charge is 2.22. The summed E-state index contributed by atoms with van der Waals surface area (Å²) in [6.45, 7) is 0. The van der Waals surface area contributed by atoms with Crippen molar-refractivity contribution in [1.82, 2.24) is 9.24 Å². The van der Waals surface area contributed by atoms with Crippen LogP contribution in [0.4, 0.5) is 11.5 Å². The second-order valence-electron chi connectivity index (χ2n) is 4.71. The molecule has 0 spiro atoms. The first-order valence-corrected chi connectivity index (χ1v) is 7.65. The average molecular weight is 352 g/mol. The molecule has 1 unspecified atom stereocenters. The van der Waals surface area contributed by atoms with Gasteiger partial charge in [0.1, 0.15) is 11.4 Å². The first-order valence-electron chi connectivity index (χ1n) is 6.58. The Morgan fingerprint density at radius 2 is 1.83 bits per heavy atom. The largest absolute Gasteiger partial charge is 0.755 e. The van der Waals surface area contributed by atoms with Crippen LogP contribution in [-0.4, -0.2) is 30.8 Å². The maximum absolute atomic E-state index is 12.6. The molecule has 0 aliphatic rings. The fourth-order valence-corrected chi connectivity index (χ4v) is 2.40. The lowest BCUT2D eigenvalue weighted by atomic mass is 10.0. The Balaban J connectivity index is 2.54. The van der Waals surface area contributed by atoms with Gasteiger partial charge in [-0.3, -0.25) is 18.4 Å². The molecule has 2 rings (SSSR count). The van der Waals surface area contributed by atoms with Crippen molar-refractivity contribution in [2.24, 2.45) is 7.05 Å². The summed E-state index contributed by atoms with van der Waals surface area (Å²) >= 11 is -2.49. The summed E-state index contributed by atoms with van der Waals surface area (Å²) in [5.41, 5.74) is 6.56. The highest BCUT2D eigenvalue weighted by Crippen LogP contribution is 2.15. The van der Waals surface area contributed by atoms with Gasteiger partial charge in [-0.1, -0.05) is 0 Å². The molecule has 1 aromatic heterocycles. The van der Waals surface area contributed by atoms with E-state index in [0.29, 0.717) is 4.68 Å². The number of nitrogen functional groups attached to an aromatic ring is 1. The Labute approximate surface area is 138 Å². The van der Waals surface area contributed by atoms with Crippen LogP contribution in [0.1, 0.15) is 15.9 Å². The monoisotopic (exact) mass is 352 g/mol. The standard InChI is InChI=1S/C13H15N5O5S/c1-15-18-12(20)9(11(14)17(2)13(18)21)10(19)7-3-5-8(6-4-7)16-24(22)23/h3-6,15-16H,14H2,1-2H3,(H,22,23)/p-1. The number of nitrogens with two attached hydrogens (primary N) is 1. The van der Waals surface area contributed by atoms with Gasteiger partial charge in [-0.05, 0) is 24.3 Å². The van der Waals surface area contributed by atoms with E-state index in [1.54, 1.807) is 0 Å². The lowest BCUT2D eigenvalue weighted by Crippen LogP contribution is -2.46. The second-order valence-corrected chi connectivity index (χ2v) is 5.38. The van der Waals surface area contributed by atoms with Gasteiger partial charge in [-0.25, -0.2) is 4.79 Å². The van der Waals surface area contributed by atoms with Crippen LogP contribution < -0.4 is 27.1 Å². The Hall–Kier alpha value is -2.92. The predicted octanol–water partition coefficient (Wildman–Crippen LogP) is -1.26. The molecule has 0 bridgehead atoms. The Kier molecular flexibility index (Phi) is 4.85. The molecule has 1 heterocycles. The van der Waals surface area contributed by atoms with Gasteiger partial charge < -0.3 is 20.4 Å². The van der Waals surface area contributed by atoms with Gasteiger partial charge in [0.15, 0.2) is 0 Å². The Morgan fingerprint density at radius 3 is 2.33 bits per heavy atom. The van der Waals surface area contributed by atoms with Crippen LogP contribution >= 0.6 is 0 Å². The van der Waals surface area contributed by atoms with E-state index in [1.165, 1.54) is 38.4 Å². The maximum atomic E-state index is 12.6. The normalized spacial score (nSPS) is 11.8. The molecule has 0 saturated heterocycles. The smallest absolute Gasteiger partial charge is 0.351 e. The number of nitrogens with zero attached hydrogens (tertiary/aromatic N) is 2. The van der Waals surface area contributed by atoms with Crippen molar-refractivity contribution >= 4 is 28.6 Å². The van der Waals surface area contributed by atoms with Crippen LogP contribution in [0.5, 0.6) is 0 Å². The van der Waals surface area contributed by atoms with Crippen molar-refractivity contribution in [3.8, 4) is 0 Å². The Bertz CT molecular complexity index is 931. The first kappa shape index (κ1) is 17.4. The molecule has 0 saturated carbocycles. The molecule has 0 amide bonds. The molecule has 0 fully saturated rings. The molecule has 4 N–H and O–H groups in total. The third-order valence-corrected chi connectivity index (χ3v) is 3.71. The topological polar surface area (TPSA) is 151 Å². The molecule has 10 nitrogen and oxygen atoms in total. The average Bonchev–Trinajstić information content (AvgIpc) is 2.53. The molecule has 0 aliphatic carbocycles. The zero-order valence-corrected chi connectivity index (χ0v) is 13.5. The summed E-state index contributed by atoms with van der Waals surface area (Å²) in [5.74, 6) is -0.948. The minimum atomic E-state index is -2.49. The van der Waals surface area contributed by atoms with Gasteiger partial charge in [0.05, 0.1) is 0 Å². The molecule has 0 radical (unpaired) electrons. The fraction of sp³-hybridized carbons (Fsp3) is 0.154. The molecule has 1 aromatic carbocycles. The van der Waals surface area contributed by atoms with Crippen molar-refractivity contribution in [2.75, 3.05) is 22.9 Å². The number of hydrogen-bond donors (Lipinski definition) is 3. The summed E-state index contributed by atoms with van der Waals surface area (Å²) < 4.78 is 24.9.